The zero-order chi connectivity index (χ0) is 10.6. The van der Waals surface area contributed by atoms with E-state index in [1.54, 1.807) is 6.20 Å². The molecule has 0 radical (unpaired) electrons. The molecule has 1 unspecified atom stereocenters. The topological polar surface area (TPSA) is 56.0 Å². The van der Waals surface area contributed by atoms with Gasteiger partial charge in [0, 0.05) is 29.9 Å². The highest BCUT2D eigenvalue weighted by atomic mass is 16.1. The summed E-state index contributed by atoms with van der Waals surface area (Å²) in [5, 5.41) is 0. The molecule has 3 nitrogen and oxygen atoms in total. The molecule has 0 saturated carbocycles. The van der Waals surface area contributed by atoms with Crippen LogP contribution >= 0.6 is 0 Å². The molecule has 76 valence electrons. The highest BCUT2D eigenvalue weighted by Gasteiger charge is 2.06. The zero-order valence-electron chi connectivity index (χ0n) is 8.66. The third-order valence-corrected chi connectivity index (χ3v) is 2.06. The van der Waals surface area contributed by atoms with Gasteiger partial charge in [0.25, 0.3) is 0 Å². The van der Waals surface area contributed by atoms with Crippen molar-refractivity contribution in [1.82, 2.24) is 4.98 Å². The van der Waals surface area contributed by atoms with E-state index in [-0.39, 0.29) is 11.8 Å². The average molecular weight is 192 g/mol. The number of nitrogens with zero attached hydrogens (tertiary/aromatic N) is 1. The minimum atomic E-state index is 0.0809. The van der Waals surface area contributed by atoms with Crippen molar-refractivity contribution in [3.8, 4) is 0 Å². The molecule has 0 aliphatic rings. The van der Waals surface area contributed by atoms with Crippen molar-refractivity contribution in [1.29, 1.82) is 0 Å². The number of carbonyl (C=O) groups is 1. The fourth-order valence-corrected chi connectivity index (χ4v) is 1.14. The van der Waals surface area contributed by atoms with Crippen LogP contribution in [-0.2, 0) is 0 Å². The molecule has 0 aliphatic carbocycles. The van der Waals surface area contributed by atoms with Gasteiger partial charge in [-0.2, -0.15) is 0 Å². The summed E-state index contributed by atoms with van der Waals surface area (Å²) in [6.45, 7) is 3.80. The van der Waals surface area contributed by atoms with Crippen LogP contribution in [0.3, 0.4) is 0 Å². The number of rotatable bonds is 4. The lowest BCUT2D eigenvalue weighted by Gasteiger charge is -2.03. The van der Waals surface area contributed by atoms with Gasteiger partial charge in [0.2, 0.25) is 0 Å². The molecule has 1 atom stereocenters. The molecule has 2 N–H and O–H groups in total. The van der Waals surface area contributed by atoms with Gasteiger partial charge < -0.3 is 5.73 Å². The Balaban J connectivity index is 2.57. The van der Waals surface area contributed by atoms with Crippen molar-refractivity contribution in [2.24, 2.45) is 5.73 Å². The van der Waals surface area contributed by atoms with Crippen LogP contribution in [0.1, 0.15) is 35.8 Å². The van der Waals surface area contributed by atoms with Gasteiger partial charge in [-0.15, -0.1) is 0 Å². The Bertz CT molecular complexity index is 304. The van der Waals surface area contributed by atoms with Gasteiger partial charge in [-0.3, -0.25) is 9.78 Å². The lowest BCUT2D eigenvalue weighted by molar-refractivity contribution is 0.0977. The molecule has 0 spiro atoms. The lowest BCUT2D eigenvalue weighted by atomic mass is 10.1. The summed E-state index contributed by atoms with van der Waals surface area (Å²) in [4.78, 5) is 15.6. The molecule has 0 fully saturated rings. The Hall–Kier alpha value is -1.22. The maximum atomic E-state index is 11.6. The minimum absolute atomic E-state index is 0.0809. The smallest absolute Gasteiger partial charge is 0.164 e. The van der Waals surface area contributed by atoms with E-state index in [9.17, 15) is 4.79 Å². The van der Waals surface area contributed by atoms with E-state index in [4.69, 9.17) is 5.73 Å². The van der Waals surface area contributed by atoms with Crippen LogP contribution in [0.5, 0.6) is 0 Å². The van der Waals surface area contributed by atoms with Crippen molar-refractivity contribution in [3.05, 3.63) is 29.6 Å². The molecule has 1 rings (SSSR count). The zero-order valence-corrected chi connectivity index (χ0v) is 8.66. The number of hydrogen-bond acceptors (Lipinski definition) is 3. The predicted octanol–water partition coefficient (Wildman–Crippen LogP) is 1.70. The predicted molar refractivity (Wildman–Crippen MR) is 56.2 cm³/mol. The number of pyridine rings is 1. The van der Waals surface area contributed by atoms with E-state index in [2.05, 4.69) is 4.98 Å². The molecule has 0 aliphatic heterocycles. The van der Waals surface area contributed by atoms with Crippen molar-refractivity contribution in [2.45, 2.75) is 32.7 Å². The molecule has 0 amide bonds. The highest BCUT2D eigenvalue weighted by Crippen LogP contribution is 2.06. The molecule has 14 heavy (non-hydrogen) atoms. The molecule has 0 bridgehead atoms. The first-order valence-electron chi connectivity index (χ1n) is 4.81. The van der Waals surface area contributed by atoms with E-state index in [1.165, 1.54) is 0 Å². The average Bonchev–Trinajstić information content (AvgIpc) is 2.15. The quantitative estimate of drug-likeness (QED) is 0.739. The SMILES string of the molecule is Cc1ccc(C(=O)CCC(C)N)cn1. The lowest BCUT2D eigenvalue weighted by Crippen LogP contribution is -2.16. The molecule has 1 aromatic rings. The maximum Gasteiger partial charge on any atom is 0.164 e. The van der Waals surface area contributed by atoms with Crippen LogP contribution in [0.4, 0.5) is 0 Å². The number of aryl methyl sites for hydroxylation is 1. The van der Waals surface area contributed by atoms with Crippen molar-refractivity contribution in [2.75, 3.05) is 0 Å². The molecule has 0 aromatic carbocycles. The standard InChI is InChI=1S/C11H16N2O/c1-8(12)3-6-11(14)10-5-4-9(2)13-7-10/h4-5,7-8H,3,6,12H2,1-2H3. The first-order valence-corrected chi connectivity index (χ1v) is 4.81. The number of ketones is 1. The van der Waals surface area contributed by atoms with Crippen LogP contribution in [0, 0.1) is 6.92 Å². The summed E-state index contributed by atoms with van der Waals surface area (Å²) >= 11 is 0. The van der Waals surface area contributed by atoms with Gasteiger partial charge in [0.15, 0.2) is 5.78 Å². The van der Waals surface area contributed by atoms with Gasteiger partial charge in [0.05, 0.1) is 0 Å². The van der Waals surface area contributed by atoms with E-state index < -0.39 is 0 Å². The van der Waals surface area contributed by atoms with E-state index in [0.29, 0.717) is 12.0 Å². The molecule has 1 heterocycles. The Morgan fingerprint density at radius 1 is 1.57 bits per heavy atom. The Morgan fingerprint density at radius 3 is 2.79 bits per heavy atom. The maximum absolute atomic E-state index is 11.6. The first kappa shape index (κ1) is 10.9. The van der Waals surface area contributed by atoms with Crippen molar-refractivity contribution < 1.29 is 4.79 Å². The molecule has 3 heteroatoms. The van der Waals surface area contributed by atoms with Crippen LogP contribution in [0.15, 0.2) is 18.3 Å². The van der Waals surface area contributed by atoms with Gasteiger partial charge in [-0.1, -0.05) is 0 Å². The molecule has 0 saturated heterocycles. The summed E-state index contributed by atoms with van der Waals surface area (Å²) in [7, 11) is 0. The highest BCUT2D eigenvalue weighted by molar-refractivity contribution is 5.95. The molecular weight excluding hydrogens is 176 g/mol. The van der Waals surface area contributed by atoms with Crippen molar-refractivity contribution >= 4 is 5.78 Å². The minimum Gasteiger partial charge on any atom is -0.328 e. The number of nitrogens with two attached hydrogens (primary N) is 1. The third kappa shape index (κ3) is 3.26. The Labute approximate surface area is 84.3 Å². The van der Waals surface area contributed by atoms with E-state index in [0.717, 1.165) is 12.1 Å². The normalized spacial score (nSPS) is 12.5. The van der Waals surface area contributed by atoms with Gasteiger partial charge in [-0.05, 0) is 32.4 Å². The second-order valence-corrected chi connectivity index (χ2v) is 3.63. The van der Waals surface area contributed by atoms with Gasteiger partial charge in [0.1, 0.15) is 0 Å². The fourth-order valence-electron chi connectivity index (χ4n) is 1.14. The van der Waals surface area contributed by atoms with Gasteiger partial charge in [-0.25, -0.2) is 0 Å². The fraction of sp³-hybridized carbons (Fsp3) is 0.455. The second kappa shape index (κ2) is 4.86. The largest absolute Gasteiger partial charge is 0.328 e. The van der Waals surface area contributed by atoms with Gasteiger partial charge >= 0.3 is 0 Å². The molecular formula is C11H16N2O. The van der Waals surface area contributed by atoms with Crippen LogP contribution < -0.4 is 5.73 Å². The first-order chi connectivity index (χ1) is 6.59. The summed E-state index contributed by atoms with van der Waals surface area (Å²) in [5.74, 6) is 0.120. The Kier molecular flexibility index (Phi) is 3.77. The number of aromatic nitrogens is 1. The summed E-state index contributed by atoms with van der Waals surface area (Å²) in [5.41, 5.74) is 7.18. The second-order valence-electron chi connectivity index (χ2n) is 3.63. The van der Waals surface area contributed by atoms with Crippen LogP contribution in [0.2, 0.25) is 0 Å². The van der Waals surface area contributed by atoms with Crippen molar-refractivity contribution in [3.63, 3.8) is 0 Å². The van der Waals surface area contributed by atoms with E-state index in [1.807, 2.05) is 26.0 Å². The third-order valence-electron chi connectivity index (χ3n) is 2.06. The number of carbonyl (C=O) groups excluding carboxylic acids is 1. The summed E-state index contributed by atoms with van der Waals surface area (Å²) < 4.78 is 0. The van der Waals surface area contributed by atoms with E-state index >= 15 is 0 Å². The summed E-state index contributed by atoms with van der Waals surface area (Å²) in [6.07, 6.45) is 2.86. The Morgan fingerprint density at radius 2 is 2.29 bits per heavy atom. The summed E-state index contributed by atoms with van der Waals surface area (Å²) in [6, 6.07) is 3.74. The number of hydrogen-bond donors (Lipinski definition) is 1. The number of Topliss-reactive ketones (excluding diaryl/α,β-unsaturated/α-hetero) is 1. The monoisotopic (exact) mass is 192 g/mol. The molecule has 1 aromatic heterocycles. The van der Waals surface area contributed by atoms with Crippen LogP contribution in [0.25, 0.3) is 0 Å². The van der Waals surface area contributed by atoms with Crippen LogP contribution in [-0.4, -0.2) is 16.8 Å².